The topological polar surface area (TPSA) is 71.4 Å². The summed E-state index contributed by atoms with van der Waals surface area (Å²) in [4.78, 5) is 11.1. The summed E-state index contributed by atoms with van der Waals surface area (Å²) in [5.74, 6) is -1.30. The summed E-state index contributed by atoms with van der Waals surface area (Å²) >= 11 is 0. The van der Waals surface area contributed by atoms with Gasteiger partial charge < -0.3 is 5.11 Å². The molecule has 94 valence electrons. The molecule has 0 amide bonds. The molecule has 1 N–H and O–H groups in total. The number of aryl methyl sites for hydroxylation is 2. The van der Waals surface area contributed by atoms with Gasteiger partial charge in [-0.2, -0.15) is 0 Å². The second kappa shape index (κ2) is 4.87. The van der Waals surface area contributed by atoms with Crippen LogP contribution >= 0.6 is 0 Å². The van der Waals surface area contributed by atoms with Crippen molar-refractivity contribution in [1.29, 1.82) is 0 Å². The molecule has 0 radical (unpaired) electrons. The van der Waals surface area contributed by atoms with Gasteiger partial charge in [-0.3, -0.25) is 4.79 Å². The van der Waals surface area contributed by atoms with Crippen molar-refractivity contribution in [3.05, 3.63) is 29.3 Å². The van der Waals surface area contributed by atoms with Crippen molar-refractivity contribution in [2.45, 2.75) is 37.3 Å². The number of carboxylic acids is 1. The van der Waals surface area contributed by atoms with Gasteiger partial charge in [0.1, 0.15) is 0 Å². The Morgan fingerprint density at radius 2 is 1.94 bits per heavy atom. The maximum absolute atomic E-state index is 12.2. The molecular weight excluding hydrogens is 240 g/mol. The molecule has 4 nitrogen and oxygen atoms in total. The number of sulfone groups is 1. The maximum atomic E-state index is 12.2. The van der Waals surface area contributed by atoms with Crippen LogP contribution in [0, 0.1) is 13.8 Å². The molecule has 0 spiro atoms. The Morgan fingerprint density at radius 3 is 2.35 bits per heavy atom. The van der Waals surface area contributed by atoms with Crippen molar-refractivity contribution in [2.75, 3.05) is 0 Å². The largest absolute Gasteiger partial charge is 0.480 e. The Labute approximate surface area is 101 Å². The first-order chi connectivity index (χ1) is 7.80. The zero-order valence-electron chi connectivity index (χ0n) is 10.1. The minimum Gasteiger partial charge on any atom is -0.480 e. The third-order valence-corrected chi connectivity index (χ3v) is 5.01. The number of carbonyl (C=O) groups is 1. The van der Waals surface area contributed by atoms with Gasteiger partial charge in [0.25, 0.3) is 0 Å². The maximum Gasteiger partial charge on any atom is 0.322 e. The fourth-order valence-corrected chi connectivity index (χ4v) is 3.57. The molecule has 5 heteroatoms. The molecule has 0 aromatic heterocycles. The second-order valence-electron chi connectivity index (χ2n) is 4.05. The van der Waals surface area contributed by atoms with Gasteiger partial charge in [-0.1, -0.05) is 24.6 Å². The van der Waals surface area contributed by atoms with Gasteiger partial charge >= 0.3 is 5.97 Å². The molecule has 1 aromatic carbocycles. The zero-order valence-corrected chi connectivity index (χ0v) is 10.9. The number of hydrogen-bond donors (Lipinski definition) is 1. The SMILES string of the molecule is CCC(C(=O)O)S(=O)(=O)c1ccc(C)cc1C. The quantitative estimate of drug-likeness (QED) is 0.893. The highest BCUT2D eigenvalue weighted by atomic mass is 32.2. The Hall–Kier alpha value is -1.36. The van der Waals surface area contributed by atoms with Crippen molar-refractivity contribution in [2.24, 2.45) is 0 Å². The van der Waals surface area contributed by atoms with Crippen LogP contribution in [0.1, 0.15) is 24.5 Å². The van der Waals surface area contributed by atoms with E-state index in [9.17, 15) is 13.2 Å². The predicted octanol–water partition coefficient (Wildman–Crippen LogP) is 1.94. The first-order valence-corrected chi connectivity index (χ1v) is 6.89. The van der Waals surface area contributed by atoms with Crippen LogP contribution in [0.2, 0.25) is 0 Å². The van der Waals surface area contributed by atoms with Crippen LogP contribution in [0.4, 0.5) is 0 Å². The third kappa shape index (κ3) is 2.66. The molecule has 0 fully saturated rings. The van der Waals surface area contributed by atoms with E-state index in [1.54, 1.807) is 26.0 Å². The number of benzene rings is 1. The van der Waals surface area contributed by atoms with Gasteiger partial charge in [-0.05, 0) is 31.9 Å². The van der Waals surface area contributed by atoms with Crippen molar-refractivity contribution in [3.8, 4) is 0 Å². The van der Waals surface area contributed by atoms with E-state index in [-0.39, 0.29) is 11.3 Å². The highest BCUT2D eigenvalue weighted by molar-refractivity contribution is 7.92. The van der Waals surface area contributed by atoms with Crippen LogP contribution in [0.5, 0.6) is 0 Å². The van der Waals surface area contributed by atoms with Crippen LogP contribution in [0.25, 0.3) is 0 Å². The highest BCUT2D eigenvalue weighted by Crippen LogP contribution is 2.23. The monoisotopic (exact) mass is 256 g/mol. The lowest BCUT2D eigenvalue weighted by Crippen LogP contribution is -2.30. The fraction of sp³-hybridized carbons (Fsp3) is 0.417. The lowest BCUT2D eigenvalue weighted by atomic mass is 10.2. The van der Waals surface area contributed by atoms with E-state index in [0.29, 0.717) is 5.56 Å². The average molecular weight is 256 g/mol. The van der Waals surface area contributed by atoms with E-state index in [4.69, 9.17) is 5.11 Å². The van der Waals surface area contributed by atoms with Gasteiger partial charge in [0, 0.05) is 0 Å². The lowest BCUT2D eigenvalue weighted by Gasteiger charge is -2.13. The summed E-state index contributed by atoms with van der Waals surface area (Å²) in [6.07, 6.45) is 0.0605. The minimum atomic E-state index is -3.80. The van der Waals surface area contributed by atoms with E-state index in [0.717, 1.165) is 5.56 Å². The predicted molar refractivity (Wildman–Crippen MR) is 64.8 cm³/mol. The van der Waals surface area contributed by atoms with Crippen LogP contribution in [-0.4, -0.2) is 24.7 Å². The van der Waals surface area contributed by atoms with Gasteiger partial charge in [-0.15, -0.1) is 0 Å². The number of hydrogen-bond acceptors (Lipinski definition) is 3. The Bertz CT molecular complexity index is 531. The molecule has 1 atom stereocenters. The smallest absolute Gasteiger partial charge is 0.322 e. The van der Waals surface area contributed by atoms with Crippen LogP contribution < -0.4 is 0 Å². The van der Waals surface area contributed by atoms with Crippen molar-refractivity contribution in [1.82, 2.24) is 0 Å². The number of rotatable bonds is 4. The number of aliphatic carboxylic acids is 1. The summed E-state index contributed by atoms with van der Waals surface area (Å²) in [5, 5.41) is 7.57. The first-order valence-electron chi connectivity index (χ1n) is 5.34. The molecule has 1 aromatic rings. The molecule has 0 saturated heterocycles. The summed E-state index contributed by atoms with van der Waals surface area (Å²) in [5.41, 5.74) is 1.54. The normalized spacial score (nSPS) is 13.4. The van der Waals surface area contributed by atoms with Crippen LogP contribution in [-0.2, 0) is 14.6 Å². The molecule has 0 heterocycles. The van der Waals surface area contributed by atoms with Crippen molar-refractivity contribution < 1.29 is 18.3 Å². The van der Waals surface area contributed by atoms with Crippen LogP contribution in [0.3, 0.4) is 0 Å². The molecular formula is C12H16O4S. The van der Waals surface area contributed by atoms with Gasteiger partial charge in [0.2, 0.25) is 0 Å². The molecule has 0 bridgehead atoms. The minimum absolute atomic E-state index is 0.0605. The summed E-state index contributed by atoms with van der Waals surface area (Å²) in [6.45, 7) is 5.09. The van der Waals surface area contributed by atoms with Gasteiger partial charge in [-0.25, -0.2) is 8.42 Å². The van der Waals surface area contributed by atoms with Gasteiger partial charge in [0.15, 0.2) is 15.1 Å². The third-order valence-electron chi connectivity index (χ3n) is 2.66. The van der Waals surface area contributed by atoms with Crippen LogP contribution in [0.15, 0.2) is 23.1 Å². The molecule has 17 heavy (non-hydrogen) atoms. The molecule has 0 aliphatic rings. The van der Waals surface area contributed by atoms with E-state index in [1.807, 2.05) is 6.92 Å². The van der Waals surface area contributed by atoms with E-state index < -0.39 is 21.1 Å². The summed E-state index contributed by atoms with van der Waals surface area (Å²) < 4.78 is 24.3. The Kier molecular flexibility index (Phi) is 3.93. The molecule has 0 saturated carbocycles. The first kappa shape index (κ1) is 13.7. The zero-order chi connectivity index (χ0) is 13.2. The average Bonchev–Trinajstić information content (AvgIpc) is 2.16. The fourth-order valence-electron chi connectivity index (χ4n) is 1.80. The lowest BCUT2D eigenvalue weighted by molar-refractivity contribution is -0.136. The Morgan fingerprint density at radius 1 is 1.35 bits per heavy atom. The van der Waals surface area contributed by atoms with Crippen molar-refractivity contribution in [3.63, 3.8) is 0 Å². The molecule has 1 rings (SSSR count). The van der Waals surface area contributed by atoms with Crippen molar-refractivity contribution >= 4 is 15.8 Å². The molecule has 0 aliphatic carbocycles. The van der Waals surface area contributed by atoms with E-state index >= 15 is 0 Å². The molecule has 0 aliphatic heterocycles. The standard InChI is InChI=1S/C12H16O4S/c1-4-10(12(13)14)17(15,16)11-6-5-8(2)7-9(11)3/h5-7,10H,4H2,1-3H3,(H,13,14). The summed E-state index contributed by atoms with van der Waals surface area (Å²) in [6, 6.07) is 4.89. The van der Waals surface area contributed by atoms with E-state index in [2.05, 4.69) is 0 Å². The summed E-state index contributed by atoms with van der Waals surface area (Å²) in [7, 11) is -3.80. The van der Waals surface area contributed by atoms with E-state index in [1.165, 1.54) is 6.07 Å². The molecule has 1 unspecified atom stereocenters. The number of carboxylic acid groups (broad SMARTS) is 1. The van der Waals surface area contributed by atoms with Gasteiger partial charge in [0.05, 0.1) is 4.90 Å². The second-order valence-corrected chi connectivity index (χ2v) is 6.15. The Balaban J connectivity index is 3.35. The highest BCUT2D eigenvalue weighted by Gasteiger charge is 2.33.